The maximum absolute atomic E-state index is 11.3. The average molecular weight is 265 g/mol. The molecule has 1 atom stereocenters. The lowest BCUT2D eigenvalue weighted by atomic mass is 9.90. The van der Waals surface area contributed by atoms with E-state index in [1.54, 1.807) is 6.92 Å². The van der Waals surface area contributed by atoms with Crippen molar-refractivity contribution in [1.29, 1.82) is 0 Å². The van der Waals surface area contributed by atoms with Crippen LogP contribution in [0.3, 0.4) is 0 Å². The van der Waals surface area contributed by atoms with Crippen LogP contribution in [0.25, 0.3) is 0 Å². The van der Waals surface area contributed by atoms with Crippen molar-refractivity contribution in [3.63, 3.8) is 0 Å². The van der Waals surface area contributed by atoms with Gasteiger partial charge in [-0.1, -0.05) is 0 Å². The first kappa shape index (κ1) is 13.5. The highest BCUT2D eigenvalue weighted by Gasteiger charge is 2.41. The van der Waals surface area contributed by atoms with Crippen LogP contribution in [0.1, 0.15) is 19.2 Å². The highest BCUT2D eigenvalue weighted by atomic mass is 16.4. The van der Waals surface area contributed by atoms with E-state index >= 15 is 0 Å². The summed E-state index contributed by atoms with van der Waals surface area (Å²) in [5, 5.41) is 9.25. The molecule has 0 amide bonds. The van der Waals surface area contributed by atoms with Gasteiger partial charge in [0, 0.05) is 27.2 Å². The number of carboxylic acid groups (broad SMARTS) is 1. The molecule has 104 valence electrons. The monoisotopic (exact) mass is 265 g/mol. The summed E-state index contributed by atoms with van der Waals surface area (Å²) in [6.07, 6.45) is 0.602. The van der Waals surface area contributed by atoms with Gasteiger partial charge in [0.2, 0.25) is 11.9 Å². The van der Waals surface area contributed by atoms with Crippen LogP contribution in [0, 0.1) is 12.3 Å². The number of anilines is 2. The van der Waals surface area contributed by atoms with Crippen molar-refractivity contribution in [2.24, 2.45) is 5.41 Å². The van der Waals surface area contributed by atoms with Crippen molar-refractivity contribution in [1.82, 2.24) is 15.0 Å². The van der Waals surface area contributed by atoms with Crippen molar-refractivity contribution >= 4 is 17.9 Å². The molecule has 1 aromatic heterocycles. The third-order valence-corrected chi connectivity index (χ3v) is 3.40. The minimum Gasteiger partial charge on any atom is -0.481 e. The highest BCUT2D eigenvalue weighted by molar-refractivity contribution is 5.76. The molecule has 0 aliphatic carbocycles. The molecule has 1 aliphatic rings. The molecule has 7 nitrogen and oxygen atoms in total. The number of rotatable bonds is 3. The van der Waals surface area contributed by atoms with Crippen molar-refractivity contribution in [2.45, 2.75) is 20.3 Å². The van der Waals surface area contributed by atoms with Gasteiger partial charge in [0.1, 0.15) is 5.82 Å². The predicted molar refractivity (Wildman–Crippen MR) is 71.5 cm³/mol. The van der Waals surface area contributed by atoms with Gasteiger partial charge in [-0.3, -0.25) is 4.79 Å². The van der Waals surface area contributed by atoms with Gasteiger partial charge < -0.3 is 14.9 Å². The summed E-state index contributed by atoms with van der Waals surface area (Å²) < 4.78 is 0. The maximum atomic E-state index is 11.3. The van der Waals surface area contributed by atoms with Gasteiger partial charge in [-0.25, -0.2) is 0 Å². The number of nitrogens with zero attached hydrogens (tertiary/aromatic N) is 5. The molecule has 7 heteroatoms. The van der Waals surface area contributed by atoms with E-state index in [0.717, 1.165) is 0 Å². The zero-order valence-electron chi connectivity index (χ0n) is 11.7. The summed E-state index contributed by atoms with van der Waals surface area (Å²) in [4.78, 5) is 27.9. The Labute approximate surface area is 112 Å². The third-order valence-electron chi connectivity index (χ3n) is 3.40. The summed E-state index contributed by atoms with van der Waals surface area (Å²) in [5.74, 6) is 1.01. The van der Waals surface area contributed by atoms with E-state index < -0.39 is 11.4 Å². The minimum absolute atomic E-state index is 0.429. The summed E-state index contributed by atoms with van der Waals surface area (Å²) >= 11 is 0. The first-order valence-electron chi connectivity index (χ1n) is 6.20. The second kappa shape index (κ2) is 4.64. The molecule has 2 rings (SSSR count). The minimum atomic E-state index is -0.770. The number of aryl methyl sites for hydroxylation is 1. The van der Waals surface area contributed by atoms with Crippen LogP contribution in [0.2, 0.25) is 0 Å². The van der Waals surface area contributed by atoms with Crippen molar-refractivity contribution in [2.75, 3.05) is 37.0 Å². The zero-order chi connectivity index (χ0) is 14.2. The fourth-order valence-electron chi connectivity index (χ4n) is 2.10. The zero-order valence-corrected chi connectivity index (χ0v) is 11.7. The topological polar surface area (TPSA) is 82.5 Å². The quantitative estimate of drug-likeness (QED) is 0.854. The number of hydrogen-bond donors (Lipinski definition) is 1. The molecule has 1 saturated heterocycles. The molecule has 1 aliphatic heterocycles. The van der Waals surface area contributed by atoms with E-state index in [2.05, 4.69) is 15.0 Å². The van der Waals surface area contributed by atoms with Crippen molar-refractivity contribution in [3.8, 4) is 0 Å². The molecule has 0 aromatic carbocycles. The second-order valence-electron chi connectivity index (χ2n) is 5.41. The van der Waals surface area contributed by atoms with E-state index in [-0.39, 0.29) is 0 Å². The molecular formula is C12H19N5O2. The Hall–Kier alpha value is -1.92. The molecule has 0 radical (unpaired) electrons. The smallest absolute Gasteiger partial charge is 0.311 e. The first-order chi connectivity index (χ1) is 8.82. The van der Waals surface area contributed by atoms with Crippen LogP contribution in [0.15, 0.2) is 0 Å². The van der Waals surface area contributed by atoms with E-state index in [4.69, 9.17) is 0 Å². The van der Waals surface area contributed by atoms with E-state index in [1.165, 1.54) is 0 Å². The molecule has 1 aromatic rings. The Morgan fingerprint density at radius 1 is 1.37 bits per heavy atom. The Balaban J connectivity index is 2.27. The Kier molecular flexibility index (Phi) is 3.30. The predicted octanol–water partition coefficient (Wildman–Crippen LogP) is 0.547. The molecule has 1 N–H and O–H groups in total. The van der Waals surface area contributed by atoms with E-state index in [9.17, 15) is 9.90 Å². The van der Waals surface area contributed by atoms with Crippen LogP contribution < -0.4 is 9.80 Å². The van der Waals surface area contributed by atoms with Gasteiger partial charge in [0.05, 0.1) is 5.41 Å². The fourth-order valence-corrected chi connectivity index (χ4v) is 2.10. The number of aliphatic carboxylic acids is 1. The number of aromatic nitrogens is 3. The summed E-state index contributed by atoms with van der Waals surface area (Å²) in [6.45, 7) is 4.65. The molecule has 0 spiro atoms. The standard InChI is InChI=1S/C12H19N5O2/c1-8-13-10(16(3)4)15-11(14-8)17-6-5-12(2,7-17)9(18)19/h5-7H2,1-4H3,(H,18,19). The van der Waals surface area contributed by atoms with E-state index in [1.807, 2.05) is 30.8 Å². The summed E-state index contributed by atoms with van der Waals surface area (Å²) in [6, 6.07) is 0. The Morgan fingerprint density at radius 3 is 2.58 bits per heavy atom. The highest BCUT2D eigenvalue weighted by Crippen LogP contribution is 2.32. The second-order valence-corrected chi connectivity index (χ2v) is 5.41. The summed E-state index contributed by atoms with van der Waals surface area (Å²) in [5.41, 5.74) is -0.723. The van der Waals surface area contributed by atoms with Gasteiger partial charge in [-0.2, -0.15) is 15.0 Å². The number of hydrogen-bond acceptors (Lipinski definition) is 6. The van der Waals surface area contributed by atoms with Crippen LogP contribution in [-0.2, 0) is 4.79 Å². The van der Waals surface area contributed by atoms with Crippen molar-refractivity contribution in [3.05, 3.63) is 5.82 Å². The lowest BCUT2D eigenvalue weighted by Crippen LogP contribution is -2.32. The van der Waals surface area contributed by atoms with Crippen molar-refractivity contribution < 1.29 is 9.90 Å². The van der Waals surface area contributed by atoms with Gasteiger partial charge in [0.15, 0.2) is 0 Å². The van der Waals surface area contributed by atoms with Crippen LogP contribution in [-0.4, -0.2) is 53.2 Å². The largest absolute Gasteiger partial charge is 0.481 e. The molecular weight excluding hydrogens is 246 g/mol. The normalized spacial score (nSPS) is 22.6. The number of carbonyl (C=O) groups is 1. The lowest BCUT2D eigenvalue weighted by molar-refractivity contribution is -0.146. The average Bonchev–Trinajstić information content (AvgIpc) is 2.72. The number of carboxylic acids is 1. The molecule has 19 heavy (non-hydrogen) atoms. The molecule has 0 bridgehead atoms. The van der Waals surface area contributed by atoms with Gasteiger partial charge in [-0.05, 0) is 20.3 Å². The van der Waals surface area contributed by atoms with Crippen LogP contribution in [0.5, 0.6) is 0 Å². The van der Waals surface area contributed by atoms with Gasteiger partial charge in [0.25, 0.3) is 0 Å². The lowest BCUT2D eigenvalue weighted by Gasteiger charge is -2.21. The Morgan fingerprint density at radius 2 is 2.05 bits per heavy atom. The molecule has 0 saturated carbocycles. The maximum Gasteiger partial charge on any atom is 0.311 e. The van der Waals surface area contributed by atoms with Crippen LogP contribution in [0.4, 0.5) is 11.9 Å². The Bertz CT molecular complexity index is 505. The first-order valence-corrected chi connectivity index (χ1v) is 6.20. The molecule has 2 heterocycles. The fraction of sp³-hybridized carbons (Fsp3) is 0.667. The third kappa shape index (κ3) is 2.59. The van der Waals surface area contributed by atoms with Gasteiger partial charge >= 0.3 is 5.97 Å². The van der Waals surface area contributed by atoms with E-state index in [0.29, 0.717) is 37.2 Å². The molecule has 1 fully saturated rings. The summed E-state index contributed by atoms with van der Waals surface area (Å²) in [7, 11) is 3.73. The van der Waals surface area contributed by atoms with Gasteiger partial charge in [-0.15, -0.1) is 0 Å². The van der Waals surface area contributed by atoms with Crippen LogP contribution >= 0.6 is 0 Å². The SMILES string of the molecule is Cc1nc(N(C)C)nc(N2CCC(C)(C(=O)O)C2)n1. The molecule has 1 unspecified atom stereocenters.